The van der Waals surface area contributed by atoms with E-state index in [0.29, 0.717) is 13.2 Å². The van der Waals surface area contributed by atoms with E-state index in [1.54, 1.807) is 0 Å². The summed E-state index contributed by atoms with van der Waals surface area (Å²) >= 11 is 0. The van der Waals surface area contributed by atoms with Gasteiger partial charge in [0, 0.05) is 56.7 Å². The maximum Gasteiger partial charge on any atom is 0.225 e. The summed E-state index contributed by atoms with van der Waals surface area (Å²) in [4.78, 5) is 23.6. The number of anilines is 1. The van der Waals surface area contributed by atoms with Crippen LogP contribution in [0.5, 0.6) is 0 Å². The Labute approximate surface area is 167 Å². The number of carbonyl (C=O) groups excluding carboxylic acids is 1. The molecule has 1 aromatic carbocycles. The summed E-state index contributed by atoms with van der Waals surface area (Å²) in [6.45, 7) is 7.78. The van der Waals surface area contributed by atoms with Gasteiger partial charge in [0.1, 0.15) is 0 Å². The first-order chi connectivity index (χ1) is 13.7. The largest absolute Gasteiger partial charge is 0.382 e. The molecule has 3 rings (SSSR count). The maximum absolute atomic E-state index is 12.3. The van der Waals surface area contributed by atoms with E-state index >= 15 is 0 Å². The minimum absolute atomic E-state index is 0.0786. The fraction of sp³-hybridized carbons (Fsp3) is 0.500. The minimum Gasteiger partial charge on any atom is -0.382 e. The molecule has 1 saturated heterocycles. The molecule has 0 bridgehead atoms. The summed E-state index contributed by atoms with van der Waals surface area (Å²) in [6.07, 6.45) is 6.29. The van der Waals surface area contributed by atoms with Crippen molar-refractivity contribution in [2.75, 3.05) is 37.7 Å². The fourth-order valence-corrected chi connectivity index (χ4v) is 3.47. The van der Waals surface area contributed by atoms with Crippen LogP contribution in [0.1, 0.15) is 31.7 Å². The Morgan fingerprint density at radius 3 is 2.64 bits per heavy atom. The first-order valence-electron chi connectivity index (χ1n) is 10.2. The summed E-state index contributed by atoms with van der Waals surface area (Å²) in [6, 6.07) is 8.34. The molecule has 28 heavy (non-hydrogen) atoms. The third kappa shape index (κ3) is 5.52. The molecule has 1 amide bonds. The zero-order valence-electron chi connectivity index (χ0n) is 16.9. The van der Waals surface area contributed by atoms with Crippen LogP contribution in [0.25, 0.3) is 11.1 Å². The van der Waals surface area contributed by atoms with E-state index < -0.39 is 0 Å². The lowest BCUT2D eigenvalue weighted by molar-refractivity contribution is -0.125. The molecule has 0 aliphatic carbocycles. The molecular weight excluding hydrogens is 352 g/mol. The van der Waals surface area contributed by atoms with Gasteiger partial charge in [-0.25, -0.2) is 9.97 Å². The highest BCUT2D eigenvalue weighted by molar-refractivity contribution is 5.78. The van der Waals surface area contributed by atoms with Crippen molar-refractivity contribution < 1.29 is 9.53 Å². The van der Waals surface area contributed by atoms with E-state index in [2.05, 4.69) is 45.3 Å². The zero-order valence-corrected chi connectivity index (χ0v) is 16.9. The van der Waals surface area contributed by atoms with Crippen molar-refractivity contribution in [3.8, 4) is 11.1 Å². The molecule has 2 aromatic rings. The molecule has 6 nitrogen and oxygen atoms in total. The van der Waals surface area contributed by atoms with E-state index in [4.69, 9.17) is 4.74 Å². The topological polar surface area (TPSA) is 67.3 Å². The highest BCUT2D eigenvalue weighted by Crippen LogP contribution is 2.23. The van der Waals surface area contributed by atoms with E-state index in [9.17, 15) is 4.79 Å². The molecule has 1 aliphatic rings. The predicted molar refractivity (Wildman–Crippen MR) is 111 cm³/mol. The van der Waals surface area contributed by atoms with Crippen LogP contribution in [0.15, 0.2) is 36.7 Å². The average Bonchev–Trinajstić information content (AvgIpc) is 2.74. The normalized spacial score (nSPS) is 14.9. The average molecular weight is 383 g/mol. The van der Waals surface area contributed by atoms with Gasteiger partial charge in [-0.15, -0.1) is 0 Å². The molecule has 1 aromatic heterocycles. The number of nitrogens with zero attached hydrogens (tertiary/aromatic N) is 3. The molecule has 0 saturated carbocycles. The molecule has 1 N–H and O–H groups in total. The van der Waals surface area contributed by atoms with Crippen LogP contribution >= 0.6 is 0 Å². The summed E-state index contributed by atoms with van der Waals surface area (Å²) < 4.78 is 5.29. The highest BCUT2D eigenvalue weighted by atomic mass is 16.5. The van der Waals surface area contributed by atoms with Gasteiger partial charge in [0.15, 0.2) is 0 Å². The Morgan fingerprint density at radius 1 is 1.21 bits per heavy atom. The number of aryl methyl sites for hydroxylation is 1. The van der Waals surface area contributed by atoms with Crippen LogP contribution in [0, 0.1) is 12.8 Å². The standard InChI is InChI=1S/C22H30N4O2/c1-3-28-13-5-10-23-21(27)18-8-11-26(12-9-18)22-24-15-20(16-25-22)19-7-4-6-17(2)14-19/h4,6-7,14-16,18H,3,5,8-13H2,1-2H3,(H,23,27). The Hall–Kier alpha value is -2.47. The molecule has 1 fully saturated rings. The lowest BCUT2D eigenvalue weighted by atomic mass is 9.96. The molecule has 0 unspecified atom stereocenters. The number of ether oxygens (including phenoxy) is 1. The van der Waals surface area contributed by atoms with Crippen LogP contribution in [0.4, 0.5) is 5.95 Å². The minimum atomic E-state index is 0.0786. The number of hydrogen-bond donors (Lipinski definition) is 1. The van der Waals surface area contributed by atoms with E-state index in [-0.39, 0.29) is 11.8 Å². The maximum atomic E-state index is 12.3. The van der Waals surface area contributed by atoms with Gasteiger partial charge in [-0.3, -0.25) is 4.79 Å². The van der Waals surface area contributed by atoms with Crippen molar-refractivity contribution >= 4 is 11.9 Å². The lowest BCUT2D eigenvalue weighted by Gasteiger charge is -2.31. The molecule has 0 radical (unpaired) electrons. The van der Waals surface area contributed by atoms with E-state index in [1.807, 2.05) is 25.4 Å². The zero-order chi connectivity index (χ0) is 19.8. The van der Waals surface area contributed by atoms with Gasteiger partial charge >= 0.3 is 0 Å². The number of amides is 1. The Balaban J connectivity index is 1.47. The summed E-state index contributed by atoms with van der Waals surface area (Å²) in [5.74, 6) is 0.980. The van der Waals surface area contributed by atoms with Crippen LogP contribution in [-0.2, 0) is 9.53 Å². The fourth-order valence-electron chi connectivity index (χ4n) is 3.47. The van der Waals surface area contributed by atoms with Crippen molar-refractivity contribution in [2.45, 2.75) is 33.1 Å². The Morgan fingerprint density at radius 2 is 1.96 bits per heavy atom. The SMILES string of the molecule is CCOCCCNC(=O)C1CCN(c2ncc(-c3cccc(C)c3)cn2)CC1. The molecule has 1 aliphatic heterocycles. The quantitative estimate of drug-likeness (QED) is 0.710. The number of rotatable bonds is 8. The van der Waals surface area contributed by atoms with E-state index in [1.165, 1.54) is 5.56 Å². The first kappa shape index (κ1) is 20.3. The van der Waals surface area contributed by atoms with Crippen LogP contribution in [0.2, 0.25) is 0 Å². The molecule has 0 atom stereocenters. The number of benzene rings is 1. The van der Waals surface area contributed by atoms with Gasteiger partial charge in [0.05, 0.1) is 0 Å². The van der Waals surface area contributed by atoms with Crippen LogP contribution in [-0.4, -0.2) is 48.7 Å². The van der Waals surface area contributed by atoms with Crippen LogP contribution < -0.4 is 10.2 Å². The second kappa shape index (κ2) is 10.2. The highest BCUT2D eigenvalue weighted by Gasteiger charge is 2.25. The Kier molecular flexibility index (Phi) is 7.37. The molecular formula is C22H30N4O2. The third-order valence-electron chi connectivity index (χ3n) is 5.11. The molecule has 6 heteroatoms. The number of aromatic nitrogens is 2. The van der Waals surface area contributed by atoms with Crippen molar-refractivity contribution in [3.05, 3.63) is 42.2 Å². The third-order valence-corrected chi connectivity index (χ3v) is 5.11. The summed E-state index contributed by atoms with van der Waals surface area (Å²) in [7, 11) is 0. The van der Waals surface area contributed by atoms with Gasteiger partial charge < -0.3 is 15.0 Å². The predicted octanol–water partition coefficient (Wildman–Crippen LogP) is 3.21. The molecule has 150 valence electrons. The Bertz CT molecular complexity index is 755. The second-order valence-corrected chi connectivity index (χ2v) is 7.24. The summed E-state index contributed by atoms with van der Waals surface area (Å²) in [5.41, 5.74) is 3.37. The monoisotopic (exact) mass is 382 g/mol. The van der Waals surface area contributed by atoms with Gasteiger partial charge in [-0.05, 0) is 38.7 Å². The first-order valence-corrected chi connectivity index (χ1v) is 10.2. The molecule has 0 spiro atoms. The lowest BCUT2D eigenvalue weighted by Crippen LogP contribution is -2.41. The number of piperidine rings is 1. The smallest absolute Gasteiger partial charge is 0.225 e. The van der Waals surface area contributed by atoms with Gasteiger partial charge in [-0.2, -0.15) is 0 Å². The van der Waals surface area contributed by atoms with Gasteiger partial charge in [0.25, 0.3) is 0 Å². The van der Waals surface area contributed by atoms with Crippen molar-refractivity contribution in [2.24, 2.45) is 5.92 Å². The number of hydrogen-bond acceptors (Lipinski definition) is 5. The van der Waals surface area contributed by atoms with Crippen LogP contribution in [0.3, 0.4) is 0 Å². The second-order valence-electron chi connectivity index (χ2n) is 7.24. The molecule has 2 heterocycles. The number of nitrogens with one attached hydrogen (secondary N) is 1. The van der Waals surface area contributed by atoms with Crippen molar-refractivity contribution in [1.82, 2.24) is 15.3 Å². The number of carbonyl (C=O) groups is 1. The van der Waals surface area contributed by atoms with Crippen molar-refractivity contribution in [1.29, 1.82) is 0 Å². The van der Waals surface area contributed by atoms with Crippen molar-refractivity contribution in [3.63, 3.8) is 0 Å². The van der Waals surface area contributed by atoms with E-state index in [0.717, 1.165) is 56.0 Å². The van der Waals surface area contributed by atoms with Gasteiger partial charge in [-0.1, -0.05) is 29.8 Å². The summed E-state index contributed by atoms with van der Waals surface area (Å²) in [5, 5.41) is 3.03. The van der Waals surface area contributed by atoms with Gasteiger partial charge in [0.2, 0.25) is 11.9 Å².